The molecule has 5 nitrogen and oxygen atoms in total. The third kappa shape index (κ3) is 3.84. The fourth-order valence-electron chi connectivity index (χ4n) is 2.76. The number of carboxylic acid groups (broad SMARTS) is 2. The van der Waals surface area contributed by atoms with E-state index in [4.69, 9.17) is 10.2 Å². The number of anilines is 1. The van der Waals surface area contributed by atoms with Gasteiger partial charge in [0, 0.05) is 11.9 Å². The molecule has 5 heteroatoms. The van der Waals surface area contributed by atoms with Crippen molar-refractivity contribution in [3.8, 4) is 0 Å². The molecule has 0 saturated heterocycles. The molecule has 0 aliphatic heterocycles. The van der Waals surface area contributed by atoms with Gasteiger partial charge in [0.2, 0.25) is 0 Å². The van der Waals surface area contributed by atoms with E-state index < -0.39 is 17.5 Å². The van der Waals surface area contributed by atoms with Gasteiger partial charge in [-0.2, -0.15) is 0 Å². The SMILES string of the molecule is O=C(O)C(=CNc1ccccc1C1CCCCC1)C(=O)O. The van der Waals surface area contributed by atoms with Gasteiger partial charge in [-0.15, -0.1) is 0 Å². The van der Waals surface area contributed by atoms with E-state index in [1.54, 1.807) is 0 Å². The second-order valence-corrected chi connectivity index (χ2v) is 5.23. The maximum absolute atomic E-state index is 10.9. The summed E-state index contributed by atoms with van der Waals surface area (Å²) in [6.07, 6.45) is 6.94. The van der Waals surface area contributed by atoms with E-state index in [1.807, 2.05) is 24.3 Å². The van der Waals surface area contributed by atoms with Gasteiger partial charge in [0.25, 0.3) is 0 Å². The van der Waals surface area contributed by atoms with E-state index >= 15 is 0 Å². The molecule has 1 aromatic carbocycles. The highest BCUT2D eigenvalue weighted by atomic mass is 16.4. The molecule has 0 aromatic heterocycles. The molecule has 3 N–H and O–H groups in total. The topological polar surface area (TPSA) is 86.6 Å². The first-order valence-electron chi connectivity index (χ1n) is 7.12. The number of aliphatic carboxylic acids is 2. The van der Waals surface area contributed by atoms with Crippen LogP contribution in [-0.2, 0) is 9.59 Å². The lowest BCUT2D eigenvalue weighted by Gasteiger charge is -2.24. The summed E-state index contributed by atoms with van der Waals surface area (Å²) in [5.74, 6) is -2.45. The number of hydrogen-bond donors (Lipinski definition) is 3. The molecule has 0 spiro atoms. The number of hydrogen-bond acceptors (Lipinski definition) is 3. The molecule has 1 aromatic rings. The highest BCUT2D eigenvalue weighted by Crippen LogP contribution is 2.36. The lowest BCUT2D eigenvalue weighted by Crippen LogP contribution is -2.13. The van der Waals surface area contributed by atoms with Crippen LogP contribution in [0.1, 0.15) is 43.6 Å². The van der Waals surface area contributed by atoms with Crippen LogP contribution in [0.15, 0.2) is 36.0 Å². The minimum absolute atomic E-state index is 0.453. The van der Waals surface area contributed by atoms with Crippen molar-refractivity contribution < 1.29 is 19.8 Å². The van der Waals surface area contributed by atoms with Crippen LogP contribution in [-0.4, -0.2) is 22.2 Å². The van der Waals surface area contributed by atoms with E-state index in [2.05, 4.69) is 5.32 Å². The quantitative estimate of drug-likeness (QED) is 0.440. The second-order valence-electron chi connectivity index (χ2n) is 5.23. The van der Waals surface area contributed by atoms with E-state index in [0.29, 0.717) is 5.92 Å². The number of benzene rings is 1. The molecule has 1 aliphatic rings. The summed E-state index contributed by atoms with van der Waals surface area (Å²) in [7, 11) is 0. The van der Waals surface area contributed by atoms with Crippen molar-refractivity contribution in [2.45, 2.75) is 38.0 Å². The number of nitrogens with one attached hydrogen (secondary N) is 1. The number of para-hydroxylation sites is 1. The second kappa shape index (κ2) is 6.92. The van der Waals surface area contributed by atoms with Crippen molar-refractivity contribution in [1.82, 2.24) is 0 Å². The first-order valence-corrected chi connectivity index (χ1v) is 7.12. The van der Waals surface area contributed by atoms with E-state index in [0.717, 1.165) is 30.3 Å². The Balaban J connectivity index is 2.22. The summed E-state index contributed by atoms with van der Waals surface area (Å²) in [5.41, 5.74) is 1.24. The predicted octanol–water partition coefficient (Wildman–Crippen LogP) is 3.20. The highest BCUT2D eigenvalue weighted by molar-refractivity contribution is 6.12. The molecule has 0 atom stereocenters. The number of rotatable bonds is 5. The number of carboxylic acids is 2. The van der Waals surface area contributed by atoms with Crippen LogP contribution in [0.4, 0.5) is 5.69 Å². The van der Waals surface area contributed by atoms with Crippen LogP contribution in [0.25, 0.3) is 0 Å². The van der Waals surface area contributed by atoms with Crippen molar-refractivity contribution in [1.29, 1.82) is 0 Å². The van der Waals surface area contributed by atoms with Crippen LogP contribution in [0.2, 0.25) is 0 Å². The summed E-state index contributed by atoms with van der Waals surface area (Å²) >= 11 is 0. The summed E-state index contributed by atoms with van der Waals surface area (Å²) < 4.78 is 0. The zero-order chi connectivity index (χ0) is 15.2. The molecule has 0 heterocycles. The minimum Gasteiger partial charge on any atom is -0.477 e. The van der Waals surface area contributed by atoms with Gasteiger partial charge in [-0.05, 0) is 30.4 Å². The van der Waals surface area contributed by atoms with E-state index in [1.165, 1.54) is 19.3 Å². The Hall–Kier alpha value is -2.30. The fraction of sp³-hybridized carbons (Fsp3) is 0.375. The van der Waals surface area contributed by atoms with Crippen LogP contribution in [0, 0.1) is 0 Å². The molecule has 0 amide bonds. The van der Waals surface area contributed by atoms with Gasteiger partial charge in [-0.1, -0.05) is 37.5 Å². The van der Waals surface area contributed by atoms with Crippen LogP contribution < -0.4 is 5.32 Å². The Labute approximate surface area is 123 Å². The molecule has 0 bridgehead atoms. The summed E-state index contributed by atoms with van der Waals surface area (Å²) in [4.78, 5) is 21.7. The minimum atomic E-state index is -1.45. The smallest absolute Gasteiger partial charge is 0.344 e. The molecule has 1 aliphatic carbocycles. The number of carbonyl (C=O) groups is 2. The standard InChI is InChI=1S/C16H19NO4/c18-15(19)13(16(20)21)10-17-14-9-5-4-8-12(14)11-6-2-1-3-7-11/h4-5,8-11,17H,1-3,6-7H2,(H,18,19)(H,20,21). The van der Waals surface area contributed by atoms with Crippen LogP contribution >= 0.6 is 0 Å². The van der Waals surface area contributed by atoms with Gasteiger partial charge >= 0.3 is 11.9 Å². The maximum atomic E-state index is 10.9. The molecular formula is C16H19NO4. The van der Waals surface area contributed by atoms with Crippen molar-refractivity contribution >= 4 is 17.6 Å². The summed E-state index contributed by atoms with van der Waals surface area (Å²) in [6, 6.07) is 7.67. The van der Waals surface area contributed by atoms with Crippen molar-refractivity contribution in [3.05, 3.63) is 41.6 Å². The van der Waals surface area contributed by atoms with Crippen molar-refractivity contribution in [2.75, 3.05) is 5.32 Å². The van der Waals surface area contributed by atoms with Gasteiger partial charge in [-0.3, -0.25) is 0 Å². The average Bonchev–Trinajstić information content (AvgIpc) is 2.48. The monoisotopic (exact) mass is 289 g/mol. The van der Waals surface area contributed by atoms with Crippen LogP contribution in [0.5, 0.6) is 0 Å². The first kappa shape index (κ1) is 15.1. The van der Waals surface area contributed by atoms with Gasteiger partial charge < -0.3 is 15.5 Å². The third-order valence-corrected chi connectivity index (χ3v) is 3.84. The predicted molar refractivity (Wildman–Crippen MR) is 79.2 cm³/mol. The van der Waals surface area contributed by atoms with Crippen LogP contribution in [0.3, 0.4) is 0 Å². The largest absolute Gasteiger partial charge is 0.477 e. The Bertz CT molecular complexity index is 543. The van der Waals surface area contributed by atoms with Gasteiger partial charge in [0.1, 0.15) is 0 Å². The Morgan fingerprint density at radius 1 is 1.05 bits per heavy atom. The van der Waals surface area contributed by atoms with Gasteiger partial charge in [0.15, 0.2) is 5.57 Å². The fourth-order valence-corrected chi connectivity index (χ4v) is 2.76. The first-order chi connectivity index (χ1) is 10.1. The zero-order valence-electron chi connectivity index (χ0n) is 11.7. The molecule has 2 rings (SSSR count). The molecular weight excluding hydrogens is 270 g/mol. The lowest BCUT2D eigenvalue weighted by atomic mass is 9.83. The molecule has 0 radical (unpaired) electrons. The zero-order valence-corrected chi connectivity index (χ0v) is 11.7. The summed E-state index contributed by atoms with van der Waals surface area (Å²) in [6.45, 7) is 0. The molecule has 112 valence electrons. The van der Waals surface area contributed by atoms with E-state index in [9.17, 15) is 9.59 Å². The normalized spacial score (nSPS) is 15.2. The summed E-state index contributed by atoms with van der Waals surface area (Å²) in [5, 5.41) is 20.6. The van der Waals surface area contributed by atoms with E-state index in [-0.39, 0.29) is 0 Å². The molecule has 1 fully saturated rings. The van der Waals surface area contributed by atoms with Gasteiger partial charge in [-0.25, -0.2) is 9.59 Å². The van der Waals surface area contributed by atoms with Crippen molar-refractivity contribution in [2.24, 2.45) is 0 Å². The third-order valence-electron chi connectivity index (χ3n) is 3.84. The average molecular weight is 289 g/mol. The van der Waals surface area contributed by atoms with Gasteiger partial charge in [0.05, 0.1) is 0 Å². The molecule has 21 heavy (non-hydrogen) atoms. The Kier molecular flexibility index (Phi) is 4.98. The Morgan fingerprint density at radius 3 is 2.29 bits per heavy atom. The maximum Gasteiger partial charge on any atom is 0.344 e. The van der Waals surface area contributed by atoms with Crippen molar-refractivity contribution in [3.63, 3.8) is 0 Å². The lowest BCUT2D eigenvalue weighted by molar-refractivity contribution is -0.140. The molecule has 1 saturated carbocycles. The Morgan fingerprint density at radius 2 is 1.67 bits per heavy atom. The molecule has 0 unspecified atom stereocenters. The highest BCUT2D eigenvalue weighted by Gasteiger charge is 2.19.